The number of benzene rings is 4. The van der Waals surface area contributed by atoms with E-state index in [0.717, 1.165) is 27.5 Å². The van der Waals surface area contributed by atoms with Gasteiger partial charge in [0.1, 0.15) is 12.2 Å². The summed E-state index contributed by atoms with van der Waals surface area (Å²) in [7, 11) is 1.74. The molecule has 2 atom stereocenters. The van der Waals surface area contributed by atoms with Crippen molar-refractivity contribution >= 4 is 28.6 Å². The number of carbonyl (C=O) groups excluding carboxylic acids is 3. The molecule has 6 rings (SSSR count). The SMILES string of the molecule is CN1CC(=O)N2C(c3ccccc3)C(=O)N(Cc3cccc4ccccc34)CC2N1C(=O)NCc1ccccc1. The topological polar surface area (TPSA) is 76.2 Å². The molecule has 0 radical (unpaired) electrons. The van der Waals surface area contributed by atoms with E-state index < -0.39 is 12.2 Å². The summed E-state index contributed by atoms with van der Waals surface area (Å²) in [6.45, 7) is 0.909. The molecule has 2 unspecified atom stereocenters. The Morgan fingerprint density at radius 1 is 0.850 bits per heavy atom. The number of urea groups is 1. The fourth-order valence-electron chi connectivity index (χ4n) is 5.79. The van der Waals surface area contributed by atoms with Gasteiger partial charge in [0, 0.05) is 20.1 Å². The molecule has 0 spiro atoms. The van der Waals surface area contributed by atoms with Gasteiger partial charge in [-0.05, 0) is 27.5 Å². The summed E-state index contributed by atoms with van der Waals surface area (Å²) in [6, 6.07) is 32.1. The lowest BCUT2D eigenvalue weighted by Gasteiger charge is -2.54. The van der Waals surface area contributed by atoms with Crippen LogP contribution in [-0.4, -0.2) is 64.0 Å². The molecule has 0 saturated carbocycles. The van der Waals surface area contributed by atoms with Gasteiger partial charge in [0.25, 0.3) is 5.91 Å². The smallest absolute Gasteiger partial charge is 0.333 e. The molecule has 4 amide bonds. The average molecular weight is 534 g/mol. The van der Waals surface area contributed by atoms with Crippen LogP contribution >= 0.6 is 0 Å². The van der Waals surface area contributed by atoms with Gasteiger partial charge in [0.15, 0.2) is 0 Å². The molecule has 2 aliphatic rings. The number of amides is 4. The van der Waals surface area contributed by atoms with Crippen molar-refractivity contribution < 1.29 is 14.4 Å². The molecule has 40 heavy (non-hydrogen) atoms. The zero-order valence-electron chi connectivity index (χ0n) is 22.3. The summed E-state index contributed by atoms with van der Waals surface area (Å²) in [6.07, 6.45) is -0.667. The standard InChI is InChI=1S/C32H31N5O3/c1-34-22-29(38)36-28(37(34)32(40)33-19-23-11-4-2-5-12-23)21-35(31(39)30(36)25-14-6-3-7-15-25)20-26-17-10-16-24-13-8-9-18-27(24)26/h2-18,28,30H,19-22H2,1H3,(H,33,40). The molecule has 0 aliphatic carbocycles. The highest BCUT2D eigenvalue weighted by Gasteiger charge is 2.51. The van der Waals surface area contributed by atoms with Crippen molar-refractivity contribution in [3.05, 3.63) is 120 Å². The van der Waals surface area contributed by atoms with Crippen molar-refractivity contribution in [2.45, 2.75) is 25.3 Å². The van der Waals surface area contributed by atoms with E-state index in [9.17, 15) is 14.4 Å². The second kappa shape index (κ2) is 10.8. The van der Waals surface area contributed by atoms with Crippen molar-refractivity contribution in [2.75, 3.05) is 20.1 Å². The zero-order valence-corrected chi connectivity index (χ0v) is 22.3. The van der Waals surface area contributed by atoms with Crippen molar-refractivity contribution in [2.24, 2.45) is 0 Å². The minimum Gasteiger partial charge on any atom is -0.333 e. The third kappa shape index (κ3) is 4.78. The maximum Gasteiger partial charge on any atom is 0.334 e. The van der Waals surface area contributed by atoms with Crippen LogP contribution in [0.5, 0.6) is 0 Å². The minimum absolute atomic E-state index is 0.00477. The highest BCUT2D eigenvalue weighted by atomic mass is 16.2. The van der Waals surface area contributed by atoms with Crippen LogP contribution < -0.4 is 5.32 Å². The van der Waals surface area contributed by atoms with Gasteiger partial charge < -0.3 is 15.1 Å². The Bertz CT molecular complexity index is 1540. The third-order valence-electron chi connectivity index (χ3n) is 7.68. The van der Waals surface area contributed by atoms with E-state index in [1.165, 1.54) is 0 Å². The van der Waals surface area contributed by atoms with Gasteiger partial charge in [-0.1, -0.05) is 103 Å². The minimum atomic E-state index is -0.833. The second-order valence-electron chi connectivity index (χ2n) is 10.3. The number of nitrogens with zero attached hydrogens (tertiary/aromatic N) is 4. The summed E-state index contributed by atoms with van der Waals surface area (Å²) in [5.41, 5.74) is 2.71. The van der Waals surface area contributed by atoms with Crippen LogP contribution in [0.2, 0.25) is 0 Å². The Kier molecular flexibility index (Phi) is 6.92. The highest BCUT2D eigenvalue weighted by Crippen LogP contribution is 2.35. The van der Waals surface area contributed by atoms with E-state index in [2.05, 4.69) is 23.5 Å². The van der Waals surface area contributed by atoms with E-state index in [-0.39, 0.29) is 30.9 Å². The summed E-state index contributed by atoms with van der Waals surface area (Å²) >= 11 is 0. The zero-order chi connectivity index (χ0) is 27.6. The van der Waals surface area contributed by atoms with E-state index in [0.29, 0.717) is 13.1 Å². The Labute approximate surface area is 233 Å². The Hall–Kier alpha value is -4.69. The summed E-state index contributed by atoms with van der Waals surface area (Å²) in [4.78, 5) is 44.7. The number of fused-ring (bicyclic) bond motifs is 2. The first kappa shape index (κ1) is 25.6. The highest BCUT2D eigenvalue weighted by molar-refractivity contribution is 5.93. The van der Waals surface area contributed by atoms with Gasteiger partial charge in [-0.15, -0.1) is 0 Å². The number of hydrazine groups is 1. The van der Waals surface area contributed by atoms with Crippen molar-refractivity contribution in [3.63, 3.8) is 0 Å². The van der Waals surface area contributed by atoms with Crippen LogP contribution in [0, 0.1) is 0 Å². The van der Waals surface area contributed by atoms with Gasteiger partial charge in [-0.3, -0.25) is 9.59 Å². The Balaban J connectivity index is 1.36. The van der Waals surface area contributed by atoms with Crippen molar-refractivity contribution in [1.82, 2.24) is 25.1 Å². The van der Waals surface area contributed by atoms with Crippen LogP contribution in [0.4, 0.5) is 4.79 Å². The van der Waals surface area contributed by atoms with E-state index >= 15 is 0 Å². The monoisotopic (exact) mass is 533 g/mol. The number of hydrogen-bond donors (Lipinski definition) is 1. The molecular formula is C32H31N5O3. The van der Waals surface area contributed by atoms with Crippen molar-refractivity contribution in [1.29, 1.82) is 0 Å². The normalized spacial score (nSPS) is 19.6. The second-order valence-corrected chi connectivity index (χ2v) is 10.3. The predicted molar refractivity (Wildman–Crippen MR) is 152 cm³/mol. The molecule has 8 heteroatoms. The maximum absolute atomic E-state index is 14.1. The van der Waals surface area contributed by atoms with Gasteiger partial charge in [0.05, 0.1) is 13.1 Å². The first-order chi connectivity index (χ1) is 19.5. The number of piperazine rings is 1. The third-order valence-corrected chi connectivity index (χ3v) is 7.68. The lowest BCUT2D eigenvalue weighted by atomic mass is 9.97. The van der Waals surface area contributed by atoms with Gasteiger partial charge in [0.2, 0.25) is 5.91 Å². The summed E-state index contributed by atoms with van der Waals surface area (Å²) in [5, 5.41) is 8.41. The first-order valence-electron chi connectivity index (χ1n) is 13.4. The molecule has 4 aromatic carbocycles. The number of nitrogens with one attached hydrogen (secondary N) is 1. The molecule has 2 heterocycles. The number of hydrogen-bond acceptors (Lipinski definition) is 4. The average Bonchev–Trinajstić information content (AvgIpc) is 2.98. The molecular weight excluding hydrogens is 502 g/mol. The summed E-state index contributed by atoms with van der Waals surface area (Å²) in [5.74, 6) is -0.343. The lowest BCUT2D eigenvalue weighted by molar-refractivity contribution is -0.188. The molecule has 4 aromatic rings. The van der Waals surface area contributed by atoms with Crippen LogP contribution in [0.25, 0.3) is 10.8 Å². The predicted octanol–water partition coefficient (Wildman–Crippen LogP) is 4.15. The Morgan fingerprint density at radius 3 is 2.30 bits per heavy atom. The van der Waals surface area contributed by atoms with Gasteiger partial charge >= 0.3 is 6.03 Å². The molecule has 1 N–H and O–H groups in total. The molecule has 2 fully saturated rings. The van der Waals surface area contributed by atoms with Crippen LogP contribution in [0.15, 0.2) is 103 Å². The summed E-state index contributed by atoms with van der Waals surface area (Å²) < 4.78 is 0. The van der Waals surface area contributed by atoms with E-state index in [4.69, 9.17) is 0 Å². The molecule has 2 saturated heterocycles. The molecule has 2 aliphatic heterocycles. The molecule has 202 valence electrons. The van der Waals surface area contributed by atoms with Crippen LogP contribution in [-0.2, 0) is 22.7 Å². The fourth-order valence-corrected chi connectivity index (χ4v) is 5.79. The quantitative estimate of drug-likeness (QED) is 0.418. The van der Waals surface area contributed by atoms with Gasteiger partial charge in [-0.25, -0.2) is 14.8 Å². The van der Waals surface area contributed by atoms with E-state index in [1.807, 2.05) is 84.9 Å². The van der Waals surface area contributed by atoms with Crippen molar-refractivity contribution in [3.8, 4) is 0 Å². The number of carbonyl (C=O) groups is 3. The molecule has 8 nitrogen and oxygen atoms in total. The van der Waals surface area contributed by atoms with Crippen LogP contribution in [0.1, 0.15) is 22.7 Å². The number of rotatable bonds is 5. The lowest BCUT2D eigenvalue weighted by Crippen LogP contribution is -2.73. The fraction of sp³-hybridized carbons (Fsp3) is 0.219. The largest absolute Gasteiger partial charge is 0.334 e. The van der Waals surface area contributed by atoms with Crippen LogP contribution in [0.3, 0.4) is 0 Å². The maximum atomic E-state index is 14.1. The van der Waals surface area contributed by atoms with Gasteiger partial charge in [-0.2, -0.15) is 0 Å². The first-order valence-corrected chi connectivity index (χ1v) is 13.4. The number of likely N-dealkylation sites (N-methyl/N-ethyl adjacent to an activating group) is 1. The molecule has 0 aromatic heterocycles. The van der Waals surface area contributed by atoms with E-state index in [1.54, 1.807) is 26.9 Å². The molecule has 0 bridgehead atoms. The Morgan fingerprint density at radius 2 is 1.52 bits per heavy atom.